The van der Waals surface area contributed by atoms with E-state index in [0.717, 1.165) is 6.21 Å². The van der Waals surface area contributed by atoms with Gasteiger partial charge in [-0.2, -0.15) is 0 Å². The Morgan fingerprint density at radius 1 is 1.29 bits per heavy atom. The third-order valence-corrected chi connectivity index (χ3v) is 1.95. The zero-order valence-corrected chi connectivity index (χ0v) is 7.86. The molecule has 0 radical (unpaired) electrons. The first kappa shape index (κ1) is 10.3. The second-order valence-corrected chi connectivity index (χ2v) is 2.99. The summed E-state index contributed by atoms with van der Waals surface area (Å²) in [6, 6.07) is 8.54. The van der Waals surface area contributed by atoms with Crippen molar-refractivity contribution >= 4 is 17.8 Å². The first-order valence-electron chi connectivity index (χ1n) is 4.27. The van der Waals surface area contributed by atoms with Crippen molar-refractivity contribution in [1.29, 1.82) is 5.41 Å². The summed E-state index contributed by atoms with van der Waals surface area (Å²) in [6.45, 7) is 1.32. The number of carbonyl (C=O) groups is 2. The van der Waals surface area contributed by atoms with Gasteiger partial charge in [-0.1, -0.05) is 30.3 Å². The van der Waals surface area contributed by atoms with Crippen LogP contribution in [0, 0.1) is 11.3 Å². The molecule has 1 aromatic rings. The smallest absolute Gasteiger partial charge is 0.178 e. The second kappa shape index (κ2) is 4.46. The molecule has 1 rings (SSSR count). The van der Waals surface area contributed by atoms with Crippen LogP contribution in [0.4, 0.5) is 0 Å². The Kier molecular flexibility index (Phi) is 3.29. The normalized spacial score (nSPS) is 11.8. The molecule has 1 atom stereocenters. The molecule has 1 N–H and O–H groups in total. The fraction of sp³-hybridized carbons (Fsp3) is 0.182. The van der Waals surface area contributed by atoms with E-state index >= 15 is 0 Å². The van der Waals surface area contributed by atoms with Crippen molar-refractivity contribution in [2.45, 2.75) is 6.92 Å². The predicted octanol–water partition coefficient (Wildman–Crippen LogP) is 1.72. The van der Waals surface area contributed by atoms with Crippen LogP contribution in [0.5, 0.6) is 0 Å². The minimum Gasteiger partial charge on any atom is -0.312 e. The summed E-state index contributed by atoms with van der Waals surface area (Å²) in [5, 5.41) is 7.00. The summed E-state index contributed by atoms with van der Waals surface area (Å²) in [5.74, 6) is -1.54. The van der Waals surface area contributed by atoms with Crippen LogP contribution in [-0.2, 0) is 4.79 Å². The molecule has 0 bridgehead atoms. The van der Waals surface area contributed by atoms with Crippen LogP contribution >= 0.6 is 0 Å². The summed E-state index contributed by atoms with van der Waals surface area (Å²) >= 11 is 0. The Balaban J connectivity index is 2.95. The lowest BCUT2D eigenvalue weighted by Crippen LogP contribution is -2.23. The monoisotopic (exact) mass is 189 g/mol. The maximum atomic E-state index is 11.6. The quantitative estimate of drug-likeness (QED) is 0.445. The van der Waals surface area contributed by atoms with Crippen molar-refractivity contribution in [3.63, 3.8) is 0 Å². The van der Waals surface area contributed by atoms with Gasteiger partial charge in [0.25, 0.3) is 0 Å². The summed E-state index contributed by atoms with van der Waals surface area (Å²) in [5.41, 5.74) is 0.469. The van der Waals surface area contributed by atoms with E-state index in [1.54, 1.807) is 30.3 Å². The Morgan fingerprint density at radius 3 is 2.29 bits per heavy atom. The van der Waals surface area contributed by atoms with Gasteiger partial charge in [0.1, 0.15) is 11.7 Å². The van der Waals surface area contributed by atoms with Gasteiger partial charge in [0.05, 0.1) is 0 Å². The molecule has 0 fully saturated rings. The van der Waals surface area contributed by atoms with Crippen LogP contribution in [0.15, 0.2) is 30.3 Å². The van der Waals surface area contributed by atoms with Gasteiger partial charge in [0.15, 0.2) is 5.78 Å². The Hall–Kier alpha value is -1.77. The van der Waals surface area contributed by atoms with E-state index in [1.807, 2.05) is 0 Å². The van der Waals surface area contributed by atoms with Gasteiger partial charge in [-0.3, -0.25) is 9.59 Å². The topological polar surface area (TPSA) is 58.0 Å². The number of hydrogen-bond acceptors (Lipinski definition) is 3. The zero-order chi connectivity index (χ0) is 10.6. The molecule has 3 heteroatoms. The van der Waals surface area contributed by atoms with E-state index in [-0.39, 0.29) is 11.6 Å². The summed E-state index contributed by atoms with van der Waals surface area (Å²) in [7, 11) is 0. The van der Waals surface area contributed by atoms with Gasteiger partial charge in [-0.25, -0.2) is 0 Å². The van der Waals surface area contributed by atoms with Crippen molar-refractivity contribution in [1.82, 2.24) is 0 Å². The van der Waals surface area contributed by atoms with Gasteiger partial charge in [-0.05, 0) is 6.92 Å². The Bertz CT molecular complexity index is 357. The van der Waals surface area contributed by atoms with Crippen molar-refractivity contribution < 1.29 is 9.59 Å². The molecule has 0 amide bonds. The van der Waals surface area contributed by atoms with E-state index in [2.05, 4.69) is 0 Å². The van der Waals surface area contributed by atoms with Crippen LogP contribution in [0.25, 0.3) is 0 Å². The highest BCUT2D eigenvalue weighted by Crippen LogP contribution is 2.08. The van der Waals surface area contributed by atoms with Crippen LogP contribution in [0.1, 0.15) is 17.3 Å². The molecule has 0 aliphatic heterocycles. The average Bonchev–Trinajstić information content (AvgIpc) is 2.19. The number of Topliss-reactive ketones (excluding diaryl/α,β-unsaturated/α-hetero) is 2. The van der Waals surface area contributed by atoms with Crippen molar-refractivity contribution in [3.05, 3.63) is 35.9 Å². The van der Waals surface area contributed by atoms with Crippen molar-refractivity contribution in [2.24, 2.45) is 5.92 Å². The molecule has 14 heavy (non-hydrogen) atoms. The molecule has 1 aromatic carbocycles. The highest BCUT2D eigenvalue weighted by atomic mass is 16.1. The van der Waals surface area contributed by atoms with Gasteiger partial charge < -0.3 is 5.41 Å². The highest BCUT2D eigenvalue weighted by molar-refractivity contribution is 6.19. The summed E-state index contributed by atoms with van der Waals surface area (Å²) < 4.78 is 0. The van der Waals surface area contributed by atoms with Crippen LogP contribution < -0.4 is 0 Å². The number of rotatable bonds is 4. The largest absolute Gasteiger partial charge is 0.312 e. The molecule has 0 aliphatic rings. The van der Waals surface area contributed by atoms with E-state index < -0.39 is 5.92 Å². The van der Waals surface area contributed by atoms with Crippen LogP contribution in [0.3, 0.4) is 0 Å². The standard InChI is InChI=1S/C11H11NO2/c1-8(13)10(7-12)11(14)9-5-3-2-4-6-9/h2-7,10,12H,1H3. The minimum absolute atomic E-state index is 0.297. The third kappa shape index (κ3) is 2.13. The van der Waals surface area contributed by atoms with Crippen LogP contribution in [-0.4, -0.2) is 17.8 Å². The molecule has 72 valence electrons. The maximum absolute atomic E-state index is 11.6. The minimum atomic E-state index is -0.933. The van der Waals surface area contributed by atoms with Crippen LogP contribution in [0.2, 0.25) is 0 Å². The molecule has 3 nitrogen and oxygen atoms in total. The molecule has 0 aromatic heterocycles. The zero-order valence-electron chi connectivity index (χ0n) is 7.86. The number of carbonyl (C=O) groups excluding carboxylic acids is 2. The highest BCUT2D eigenvalue weighted by Gasteiger charge is 2.21. The first-order chi connectivity index (χ1) is 6.66. The Morgan fingerprint density at radius 2 is 1.86 bits per heavy atom. The number of ketones is 2. The molecule has 0 spiro atoms. The SMILES string of the molecule is CC(=O)C(C=N)C(=O)c1ccccc1. The molecule has 0 heterocycles. The maximum Gasteiger partial charge on any atom is 0.178 e. The van der Waals surface area contributed by atoms with E-state index in [0.29, 0.717) is 5.56 Å². The molecular formula is C11H11NO2. The van der Waals surface area contributed by atoms with Gasteiger partial charge in [0.2, 0.25) is 0 Å². The molecule has 0 saturated carbocycles. The summed E-state index contributed by atoms with van der Waals surface area (Å²) in [6.07, 6.45) is 0.887. The van der Waals surface area contributed by atoms with Gasteiger partial charge >= 0.3 is 0 Å². The van der Waals surface area contributed by atoms with Gasteiger partial charge in [0, 0.05) is 11.8 Å². The van der Waals surface area contributed by atoms with E-state index in [1.165, 1.54) is 6.92 Å². The van der Waals surface area contributed by atoms with E-state index in [4.69, 9.17) is 5.41 Å². The van der Waals surface area contributed by atoms with Crippen molar-refractivity contribution in [3.8, 4) is 0 Å². The number of benzene rings is 1. The predicted molar refractivity (Wildman–Crippen MR) is 53.7 cm³/mol. The molecular weight excluding hydrogens is 178 g/mol. The van der Waals surface area contributed by atoms with Crippen molar-refractivity contribution in [2.75, 3.05) is 0 Å². The number of nitrogens with one attached hydrogen (secondary N) is 1. The van der Waals surface area contributed by atoms with Gasteiger partial charge in [-0.15, -0.1) is 0 Å². The lowest BCUT2D eigenvalue weighted by Gasteiger charge is -2.05. The fourth-order valence-electron chi connectivity index (χ4n) is 1.16. The fourth-order valence-corrected chi connectivity index (χ4v) is 1.16. The molecule has 0 aliphatic carbocycles. The third-order valence-electron chi connectivity index (χ3n) is 1.95. The molecule has 0 saturated heterocycles. The Labute approximate surface area is 82.3 Å². The molecule has 1 unspecified atom stereocenters. The lowest BCUT2D eigenvalue weighted by atomic mass is 9.96. The second-order valence-electron chi connectivity index (χ2n) is 2.99. The summed E-state index contributed by atoms with van der Waals surface area (Å²) in [4.78, 5) is 22.7. The lowest BCUT2D eigenvalue weighted by molar-refractivity contribution is -0.117. The number of hydrogen-bond donors (Lipinski definition) is 1. The van der Waals surface area contributed by atoms with E-state index in [9.17, 15) is 9.59 Å². The first-order valence-corrected chi connectivity index (χ1v) is 4.27. The average molecular weight is 189 g/mol.